The highest BCUT2D eigenvalue weighted by Gasteiger charge is 2.10. The molecule has 0 fully saturated rings. The number of benzene rings is 6. The summed E-state index contributed by atoms with van der Waals surface area (Å²) in [5.74, 6) is 0.122. The number of carbonyl (C=O) groups excluding carboxylic acids is 2. The molecular formula is C43H38O2. The monoisotopic (exact) mass is 586 g/mol. The van der Waals surface area contributed by atoms with E-state index in [1.165, 1.54) is 11.1 Å². The molecule has 0 heterocycles. The summed E-state index contributed by atoms with van der Waals surface area (Å²) in [5, 5.41) is 0. The maximum Gasteiger partial charge on any atom is 0.193 e. The summed E-state index contributed by atoms with van der Waals surface area (Å²) in [6.45, 7) is 7.64. The molecule has 6 rings (SSSR count). The Hall–Kier alpha value is -5.60. The van der Waals surface area contributed by atoms with Gasteiger partial charge in [0.15, 0.2) is 11.6 Å². The van der Waals surface area contributed by atoms with Crippen LogP contribution < -0.4 is 0 Å². The molecule has 2 heteroatoms. The Balaban J connectivity index is 0.000000184. The number of ketones is 2. The SMILES string of the molecule is C=CCC.Cc1ccccc1-c1ccc(C(=O)c2ccccc2)cc1.O=C(c1ccccc1)c1ccc(-c2ccccc2)cc1. The highest BCUT2D eigenvalue weighted by molar-refractivity contribution is 6.09. The van der Waals surface area contributed by atoms with Gasteiger partial charge >= 0.3 is 0 Å². The predicted octanol–water partition coefficient (Wildman–Crippen LogP) is 11.1. The molecular weight excluding hydrogens is 548 g/mol. The normalized spacial score (nSPS) is 9.91. The van der Waals surface area contributed by atoms with Gasteiger partial charge in [-0.3, -0.25) is 9.59 Å². The minimum atomic E-state index is 0.0604. The molecule has 0 saturated heterocycles. The Morgan fingerprint density at radius 3 is 1.22 bits per heavy atom. The maximum absolute atomic E-state index is 12.4. The summed E-state index contributed by atoms with van der Waals surface area (Å²) in [7, 11) is 0. The highest BCUT2D eigenvalue weighted by Crippen LogP contribution is 2.24. The average molecular weight is 587 g/mol. The summed E-state index contributed by atoms with van der Waals surface area (Å²) in [4.78, 5) is 24.7. The number of hydrogen-bond donors (Lipinski definition) is 0. The largest absolute Gasteiger partial charge is 0.289 e. The van der Waals surface area contributed by atoms with E-state index < -0.39 is 0 Å². The Bertz CT molecular complexity index is 1790. The lowest BCUT2D eigenvalue weighted by atomic mass is 9.97. The van der Waals surface area contributed by atoms with Gasteiger partial charge in [-0.05, 0) is 41.2 Å². The molecule has 0 aliphatic rings. The van der Waals surface area contributed by atoms with Crippen molar-refractivity contribution in [3.8, 4) is 22.3 Å². The van der Waals surface area contributed by atoms with Crippen molar-refractivity contribution >= 4 is 11.6 Å². The molecule has 2 nitrogen and oxygen atoms in total. The second-order valence-corrected chi connectivity index (χ2v) is 10.4. The lowest BCUT2D eigenvalue weighted by Crippen LogP contribution is -2.00. The number of rotatable bonds is 7. The van der Waals surface area contributed by atoms with Crippen LogP contribution in [0.5, 0.6) is 0 Å². The molecule has 0 N–H and O–H groups in total. The van der Waals surface area contributed by atoms with Crippen LogP contribution in [0.2, 0.25) is 0 Å². The van der Waals surface area contributed by atoms with Gasteiger partial charge in [0, 0.05) is 22.3 Å². The van der Waals surface area contributed by atoms with E-state index >= 15 is 0 Å². The molecule has 0 atom stereocenters. The van der Waals surface area contributed by atoms with Crippen molar-refractivity contribution in [2.24, 2.45) is 0 Å². The van der Waals surface area contributed by atoms with Crippen LogP contribution in [0.15, 0.2) is 176 Å². The zero-order valence-corrected chi connectivity index (χ0v) is 25.9. The first-order chi connectivity index (χ1) is 22.0. The molecule has 0 aliphatic carbocycles. The maximum atomic E-state index is 12.4. The molecule has 0 aromatic heterocycles. The molecule has 45 heavy (non-hydrogen) atoms. The zero-order valence-electron chi connectivity index (χ0n) is 25.9. The van der Waals surface area contributed by atoms with Crippen LogP contribution in [0.3, 0.4) is 0 Å². The molecule has 0 saturated carbocycles. The minimum Gasteiger partial charge on any atom is -0.289 e. The van der Waals surface area contributed by atoms with Crippen LogP contribution in [0.4, 0.5) is 0 Å². The van der Waals surface area contributed by atoms with Gasteiger partial charge < -0.3 is 0 Å². The molecule has 6 aromatic rings. The van der Waals surface area contributed by atoms with Gasteiger partial charge in [-0.1, -0.05) is 177 Å². The first kappa shape index (κ1) is 32.3. The summed E-state index contributed by atoms with van der Waals surface area (Å²) in [5.41, 5.74) is 8.74. The van der Waals surface area contributed by atoms with Crippen molar-refractivity contribution < 1.29 is 9.59 Å². The Labute approximate surface area is 267 Å². The second-order valence-electron chi connectivity index (χ2n) is 10.4. The van der Waals surface area contributed by atoms with Gasteiger partial charge in [0.25, 0.3) is 0 Å². The lowest BCUT2D eigenvalue weighted by molar-refractivity contribution is 0.103. The summed E-state index contributed by atoms with van der Waals surface area (Å²) in [6, 6.07) is 52.7. The fourth-order valence-corrected chi connectivity index (χ4v) is 4.65. The van der Waals surface area contributed by atoms with Gasteiger partial charge in [0.2, 0.25) is 0 Å². The molecule has 0 unspecified atom stereocenters. The summed E-state index contributed by atoms with van der Waals surface area (Å²) < 4.78 is 0. The second kappa shape index (κ2) is 16.9. The van der Waals surface area contributed by atoms with E-state index in [1.807, 2.05) is 146 Å². The third-order valence-corrected chi connectivity index (χ3v) is 7.22. The first-order valence-corrected chi connectivity index (χ1v) is 15.1. The molecule has 0 radical (unpaired) electrons. The minimum absolute atomic E-state index is 0.0604. The molecule has 0 amide bonds. The van der Waals surface area contributed by atoms with Crippen molar-refractivity contribution in [3.63, 3.8) is 0 Å². The van der Waals surface area contributed by atoms with Crippen LogP contribution in [0.1, 0.15) is 50.8 Å². The van der Waals surface area contributed by atoms with Crippen LogP contribution >= 0.6 is 0 Å². The van der Waals surface area contributed by atoms with E-state index in [-0.39, 0.29) is 11.6 Å². The average Bonchev–Trinajstić information content (AvgIpc) is 3.13. The number of hydrogen-bond acceptors (Lipinski definition) is 2. The smallest absolute Gasteiger partial charge is 0.193 e. The number of allylic oxidation sites excluding steroid dienone is 1. The quantitative estimate of drug-likeness (QED) is 0.138. The van der Waals surface area contributed by atoms with Gasteiger partial charge in [0.05, 0.1) is 0 Å². The molecule has 0 bridgehead atoms. The van der Waals surface area contributed by atoms with Gasteiger partial charge in [0.1, 0.15) is 0 Å². The van der Waals surface area contributed by atoms with Crippen LogP contribution in [-0.2, 0) is 0 Å². The van der Waals surface area contributed by atoms with Gasteiger partial charge in [-0.2, -0.15) is 0 Å². The number of aryl methyl sites for hydroxylation is 1. The molecule has 6 aromatic carbocycles. The van der Waals surface area contributed by atoms with E-state index in [0.29, 0.717) is 0 Å². The highest BCUT2D eigenvalue weighted by atomic mass is 16.1. The van der Waals surface area contributed by atoms with E-state index in [4.69, 9.17) is 0 Å². The van der Waals surface area contributed by atoms with Crippen molar-refractivity contribution in [2.75, 3.05) is 0 Å². The topological polar surface area (TPSA) is 34.1 Å². The molecule has 0 aliphatic heterocycles. The van der Waals surface area contributed by atoms with E-state index in [2.05, 4.69) is 44.7 Å². The fourth-order valence-electron chi connectivity index (χ4n) is 4.65. The fraction of sp³-hybridized carbons (Fsp3) is 0.0698. The third kappa shape index (κ3) is 9.19. The van der Waals surface area contributed by atoms with Crippen LogP contribution in [-0.4, -0.2) is 11.6 Å². The van der Waals surface area contributed by atoms with E-state index in [0.717, 1.165) is 45.4 Å². The van der Waals surface area contributed by atoms with Crippen LogP contribution in [0.25, 0.3) is 22.3 Å². The summed E-state index contributed by atoms with van der Waals surface area (Å²) in [6.07, 6.45) is 2.96. The number of carbonyl (C=O) groups is 2. The first-order valence-electron chi connectivity index (χ1n) is 15.1. The van der Waals surface area contributed by atoms with E-state index in [9.17, 15) is 9.59 Å². The third-order valence-electron chi connectivity index (χ3n) is 7.22. The lowest BCUT2D eigenvalue weighted by Gasteiger charge is -2.07. The van der Waals surface area contributed by atoms with Crippen molar-refractivity contribution in [3.05, 3.63) is 204 Å². The predicted molar refractivity (Wildman–Crippen MR) is 189 cm³/mol. The Morgan fingerprint density at radius 1 is 0.467 bits per heavy atom. The molecule has 222 valence electrons. The summed E-state index contributed by atoms with van der Waals surface area (Å²) >= 11 is 0. The standard InChI is InChI=1S/C20H16O.C19H14O.C4H8/c1-15-7-5-6-10-19(15)16-11-13-18(14-12-16)20(21)17-8-3-2-4-9-17;20-19(17-9-5-2-6-10-17)18-13-11-16(12-14-18)15-7-3-1-4-8-15;1-3-4-2/h2-14H,1H3;1-14H;3H,1,4H2,2H3. The Morgan fingerprint density at radius 2 is 0.800 bits per heavy atom. The van der Waals surface area contributed by atoms with Crippen molar-refractivity contribution in [1.82, 2.24) is 0 Å². The van der Waals surface area contributed by atoms with Crippen molar-refractivity contribution in [1.29, 1.82) is 0 Å². The Kier molecular flexibility index (Phi) is 12.1. The molecule has 0 spiro atoms. The van der Waals surface area contributed by atoms with Crippen LogP contribution in [0, 0.1) is 6.92 Å². The van der Waals surface area contributed by atoms with Gasteiger partial charge in [-0.15, -0.1) is 6.58 Å². The van der Waals surface area contributed by atoms with Gasteiger partial charge in [-0.25, -0.2) is 0 Å². The van der Waals surface area contributed by atoms with Crippen molar-refractivity contribution in [2.45, 2.75) is 20.3 Å². The zero-order chi connectivity index (χ0) is 31.9. The van der Waals surface area contributed by atoms with E-state index in [1.54, 1.807) is 0 Å².